The van der Waals surface area contributed by atoms with Crippen LogP contribution in [0.1, 0.15) is 32.1 Å². The standard InChI is InChI=1S/C12H19NO4S/c14-11(15)6-13-18(16,17)12-9-2-7-1-8(4-9)5-10(12)3-7/h7-10,12-13H,1-6H2,(H,14,15). The van der Waals surface area contributed by atoms with Crippen LogP contribution >= 0.6 is 0 Å². The molecule has 0 aromatic carbocycles. The average Bonchev–Trinajstić information content (AvgIpc) is 2.24. The number of rotatable bonds is 4. The van der Waals surface area contributed by atoms with Crippen LogP contribution < -0.4 is 4.72 Å². The molecule has 4 saturated carbocycles. The van der Waals surface area contributed by atoms with E-state index in [1.165, 1.54) is 6.42 Å². The van der Waals surface area contributed by atoms with E-state index in [9.17, 15) is 13.2 Å². The van der Waals surface area contributed by atoms with E-state index in [2.05, 4.69) is 4.72 Å². The monoisotopic (exact) mass is 273 g/mol. The Hall–Kier alpha value is -0.620. The summed E-state index contributed by atoms with van der Waals surface area (Å²) in [5.74, 6) is 0.833. The lowest BCUT2D eigenvalue weighted by Gasteiger charge is -2.53. The van der Waals surface area contributed by atoms with E-state index in [0.29, 0.717) is 0 Å². The third kappa shape index (κ3) is 2.05. The molecule has 0 unspecified atom stereocenters. The molecule has 0 atom stereocenters. The number of nitrogens with one attached hydrogen (secondary N) is 1. The molecule has 4 aliphatic carbocycles. The van der Waals surface area contributed by atoms with E-state index in [4.69, 9.17) is 5.11 Å². The summed E-state index contributed by atoms with van der Waals surface area (Å²) in [5.41, 5.74) is 0. The van der Waals surface area contributed by atoms with Gasteiger partial charge in [-0.05, 0) is 55.8 Å². The first-order valence-corrected chi connectivity index (χ1v) is 8.20. The second-order valence-corrected chi connectivity index (χ2v) is 8.08. The molecule has 4 bridgehead atoms. The zero-order valence-corrected chi connectivity index (χ0v) is 11.0. The fourth-order valence-electron chi connectivity index (χ4n) is 4.64. The molecule has 0 saturated heterocycles. The van der Waals surface area contributed by atoms with Gasteiger partial charge in [-0.3, -0.25) is 4.79 Å². The number of aliphatic carboxylic acids is 1. The Morgan fingerprint density at radius 1 is 1.06 bits per heavy atom. The maximum atomic E-state index is 12.3. The van der Waals surface area contributed by atoms with Crippen molar-refractivity contribution in [2.45, 2.75) is 37.4 Å². The van der Waals surface area contributed by atoms with Crippen LogP contribution in [0.25, 0.3) is 0 Å². The summed E-state index contributed by atoms with van der Waals surface area (Å²) in [7, 11) is -3.47. The van der Waals surface area contributed by atoms with Crippen LogP contribution in [-0.4, -0.2) is 31.3 Å². The van der Waals surface area contributed by atoms with E-state index in [1.807, 2.05) is 0 Å². The van der Waals surface area contributed by atoms with Crippen molar-refractivity contribution in [3.05, 3.63) is 0 Å². The van der Waals surface area contributed by atoms with Gasteiger partial charge in [-0.25, -0.2) is 13.1 Å². The molecule has 0 spiro atoms. The van der Waals surface area contributed by atoms with Crippen molar-refractivity contribution in [2.24, 2.45) is 23.7 Å². The first-order valence-electron chi connectivity index (χ1n) is 6.66. The van der Waals surface area contributed by atoms with Gasteiger partial charge in [-0.2, -0.15) is 0 Å². The lowest BCUT2D eigenvalue weighted by molar-refractivity contribution is -0.135. The maximum Gasteiger partial charge on any atom is 0.318 e. The molecule has 18 heavy (non-hydrogen) atoms. The van der Waals surface area contributed by atoms with Crippen LogP contribution in [0.3, 0.4) is 0 Å². The zero-order valence-electron chi connectivity index (χ0n) is 10.2. The van der Waals surface area contributed by atoms with Gasteiger partial charge in [0.1, 0.15) is 6.54 Å². The van der Waals surface area contributed by atoms with Gasteiger partial charge in [0.25, 0.3) is 0 Å². The van der Waals surface area contributed by atoms with E-state index >= 15 is 0 Å². The van der Waals surface area contributed by atoms with Gasteiger partial charge in [0.2, 0.25) is 10.0 Å². The Morgan fingerprint density at radius 3 is 2.00 bits per heavy atom. The number of sulfonamides is 1. The minimum Gasteiger partial charge on any atom is -0.480 e. The average molecular weight is 273 g/mol. The number of carboxylic acids is 1. The SMILES string of the molecule is O=C(O)CNS(=O)(=O)C1C2CC3CC(C2)CC1C3. The Labute approximate surface area is 107 Å². The highest BCUT2D eigenvalue weighted by Gasteiger charge is 2.52. The molecule has 0 amide bonds. The highest BCUT2D eigenvalue weighted by molar-refractivity contribution is 7.90. The van der Waals surface area contributed by atoms with Gasteiger partial charge in [-0.15, -0.1) is 0 Å². The summed E-state index contributed by atoms with van der Waals surface area (Å²) in [6, 6.07) is 0. The van der Waals surface area contributed by atoms with Crippen molar-refractivity contribution < 1.29 is 18.3 Å². The van der Waals surface area contributed by atoms with Gasteiger partial charge < -0.3 is 5.11 Å². The van der Waals surface area contributed by atoms with Crippen LogP contribution in [0.4, 0.5) is 0 Å². The number of hydrogen-bond acceptors (Lipinski definition) is 3. The molecule has 0 aromatic rings. The number of carbonyl (C=O) groups is 1. The van der Waals surface area contributed by atoms with Crippen LogP contribution in [0.5, 0.6) is 0 Å². The van der Waals surface area contributed by atoms with E-state index in [1.54, 1.807) is 0 Å². The highest BCUT2D eigenvalue weighted by Crippen LogP contribution is 2.55. The van der Waals surface area contributed by atoms with Gasteiger partial charge in [0, 0.05) is 0 Å². The summed E-state index contributed by atoms with van der Waals surface area (Å²) in [5, 5.41) is 8.26. The van der Waals surface area contributed by atoms with Crippen molar-refractivity contribution in [3.63, 3.8) is 0 Å². The molecule has 5 nitrogen and oxygen atoms in total. The topological polar surface area (TPSA) is 83.5 Å². The predicted molar refractivity (Wildman–Crippen MR) is 65.4 cm³/mol. The fourth-order valence-corrected chi connectivity index (χ4v) is 6.62. The molecule has 102 valence electrons. The summed E-state index contributed by atoms with van der Waals surface area (Å²) in [6.45, 7) is -0.495. The van der Waals surface area contributed by atoms with Crippen molar-refractivity contribution >= 4 is 16.0 Å². The largest absolute Gasteiger partial charge is 0.480 e. The van der Waals surface area contributed by atoms with Crippen LogP contribution in [-0.2, 0) is 14.8 Å². The molecule has 4 fully saturated rings. The van der Waals surface area contributed by atoms with E-state index in [0.717, 1.165) is 37.5 Å². The number of carboxylic acid groups (broad SMARTS) is 1. The van der Waals surface area contributed by atoms with Crippen LogP contribution in [0.2, 0.25) is 0 Å². The van der Waals surface area contributed by atoms with Gasteiger partial charge >= 0.3 is 5.97 Å². The molecule has 0 aliphatic heterocycles. The normalized spacial score (nSPS) is 42.1. The third-order valence-corrected chi connectivity index (χ3v) is 6.96. The van der Waals surface area contributed by atoms with E-state index < -0.39 is 22.5 Å². The lowest BCUT2D eigenvalue weighted by Crippen LogP contribution is -2.54. The minimum atomic E-state index is -3.47. The molecule has 6 heteroatoms. The molecule has 0 aromatic heterocycles. The smallest absolute Gasteiger partial charge is 0.318 e. The second kappa shape index (κ2) is 4.20. The molecule has 4 rings (SSSR count). The molecular formula is C12H19NO4S. The van der Waals surface area contributed by atoms with Crippen molar-refractivity contribution in [3.8, 4) is 0 Å². The first kappa shape index (κ1) is 12.4. The van der Waals surface area contributed by atoms with Crippen molar-refractivity contribution in [1.29, 1.82) is 0 Å². The Kier molecular flexibility index (Phi) is 2.90. The summed E-state index contributed by atoms with van der Waals surface area (Å²) >= 11 is 0. The van der Waals surface area contributed by atoms with E-state index in [-0.39, 0.29) is 17.1 Å². The van der Waals surface area contributed by atoms with Crippen LogP contribution in [0, 0.1) is 23.7 Å². The third-order valence-electron chi connectivity index (χ3n) is 4.92. The summed E-state index contributed by atoms with van der Waals surface area (Å²) in [6.07, 6.45) is 5.36. The fraction of sp³-hybridized carbons (Fsp3) is 0.917. The molecule has 4 aliphatic rings. The quantitative estimate of drug-likeness (QED) is 0.794. The van der Waals surface area contributed by atoms with Gasteiger partial charge in [0.15, 0.2) is 0 Å². The lowest BCUT2D eigenvalue weighted by atomic mass is 9.56. The summed E-state index contributed by atoms with van der Waals surface area (Å²) in [4.78, 5) is 10.5. The molecule has 2 N–H and O–H groups in total. The number of hydrogen-bond donors (Lipinski definition) is 2. The summed E-state index contributed by atoms with van der Waals surface area (Å²) < 4.78 is 26.8. The van der Waals surface area contributed by atoms with Gasteiger partial charge in [0.05, 0.1) is 5.25 Å². The van der Waals surface area contributed by atoms with Crippen molar-refractivity contribution in [1.82, 2.24) is 4.72 Å². The van der Waals surface area contributed by atoms with Crippen LogP contribution in [0.15, 0.2) is 0 Å². The van der Waals surface area contributed by atoms with Crippen molar-refractivity contribution in [2.75, 3.05) is 6.54 Å². The predicted octanol–water partition coefficient (Wildman–Crippen LogP) is 0.815. The molecule has 0 radical (unpaired) electrons. The Morgan fingerprint density at radius 2 is 1.56 bits per heavy atom. The molecule has 0 heterocycles. The first-order chi connectivity index (χ1) is 8.45. The maximum absolute atomic E-state index is 12.3. The zero-order chi connectivity index (χ0) is 12.9. The molecular weight excluding hydrogens is 254 g/mol. The minimum absolute atomic E-state index is 0.257. The highest BCUT2D eigenvalue weighted by atomic mass is 32.2. The van der Waals surface area contributed by atoms with Gasteiger partial charge in [-0.1, -0.05) is 0 Å². The Balaban J connectivity index is 1.78. The second-order valence-electron chi connectivity index (χ2n) is 6.16. The Bertz CT molecular complexity index is 431.